The predicted molar refractivity (Wildman–Crippen MR) is 118 cm³/mol. The summed E-state index contributed by atoms with van der Waals surface area (Å²) in [5.74, 6) is 0. The highest BCUT2D eigenvalue weighted by Crippen LogP contribution is 2.44. The third-order valence-corrected chi connectivity index (χ3v) is 5.90. The molecule has 1 aliphatic carbocycles. The van der Waals surface area contributed by atoms with Crippen LogP contribution >= 0.6 is 0 Å². The van der Waals surface area contributed by atoms with Gasteiger partial charge in [0.15, 0.2) is 0 Å². The molecule has 0 unspecified atom stereocenters. The molecule has 0 saturated heterocycles. The smallest absolute Gasteiger partial charge is 0.00207 e. The summed E-state index contributed by atoms with van der Waals surface area (Å²) in [6.07, 6.45) is 3.51. The van der Waals surface area contributed by atoms with Gasteiger partial charge in [-0.1, -0.05) is 99.2 Å². The van der Waals surface area contributed by atoms with E-state index < -0.39 is 0 Å². The predicted octanol–water partition coefficient (Wildman–Crippen LogP) is 7.65. The van der Waals surface area contributed by atoms with E-state index in [4.69, 9.17) is 0 Å². The number of hydrogen-bond donors (Lipinski definition) is 0. The van der Waals surface area contributed by atoms with Crippen LogP contribution in [0, 0.1) is 5.41 Å². The SMILES string of the molecule is CC(C)(C)C1=Cc2c(cccc2-c2c3ccccc3cc3ccccc23)C1. The molecule has 0 N–H and O–H groups in total. The van der Waals surface area contributed by atoms with Crippen molar-refractivity contribution < 1.29 is 0 Å². The zero-order valence-corrected chi connectivity index (χ0v) is 16.2. The minimum Gasteiger partial charge on any atom is -0.0616 e. The first-order valence-electron chi connectivity index (χ1n) is 9.76. The lowest BCUT2D eigenvalue weighted by atomic mass is 9.85. The molecule has 0 heteroatoms. The first kappa shape index (κ1) is 16.3. The van der Waals surface area contributed by atoms with Crippen LogP contribution in [-0.2, 0) is 6.42 Å². The number of fused-ring (bicyclic) bond motifs is 3. The molecule has 0 aromatic heterocycles. The summed E-state index contributed by atoms with van der Waals surface area (Å²) in [4.78, 5) is 0. The van der Waals surface area contributed by atoms with Crippen molar-refractivity contribution in [1.29, 1.82) is 0 Å². The molecule has 0 saturated carbocycles. The van der Waals surface area contributed by atoms with Crippen LogP contribution in [0.25, 0.3) is 38.7 Å². The van der Waals surface area contributed by atoms with Crippen molar-refractivity contribution in [3.8, 4) is 11.1 Å². The molecule has 0 bridgehead atoms. The number of rotatable bonds is 1. The molecule has 132 valence electrons. The summed E-state index contributed by atoms with van der Waals surface area (Å²) in [5, 5.41) is 5.29. The van der Waals surface area contributed by atoms with Crippen molar-refractivity contribution in [3.05, 3.63) is 89.5 Å². The Labute approximate surface area is 161 Å². The average molecular weight is 348 g/mol. The zero-order valence-electron chi connectivity index (χ0n) is 16.2. The maximum absolute atomic E-state index is 2.45. The normalized spacial score (nSPS) is 13.8. The van der Waals surface area contributed by atoms with E-state index in [9.17, 15) is 0 Å². The maximum Gasteiger partial charge on any atom is -0.00207 e. The van der Waals surface area contributed by atoms with Gasteiger partial charge < -0.3 is 0 Å². The first-order chi connectivity index (χ1) is 13.0. The Morgan fingerprint density at radius 3 is 1.96 bits per heavy atom. The van der Waals surface area contributed by atoms with Crippen LogP contribution in [0.5, 0.6) is 0 Å². The van der Waals surface area contributed by atoms with Crippen molar-refractivity contribution in [1.82, 2.24) is 0 Å². The molecule has 0 fully saturated rings. The number of allylic oxidation sites excluding steroid dienone is 1. The summed E-state index contributed by atoms with van der Waals surface area (Å²) in [6.45, 7) is 6.95. The van der Waals surface area contributed by atoms with E-state index in [0.717, 1.165) is 6.42 Å². The standard InChI is InChI=1S/C27H24/c1-27(2,3)21-16-20-11-8-14-24(25(20)17-21)26-22-12-6-4-9-18(22)15-19-10-5-7-13-23(19)26/h4-15,17H,16H2,1-3H3. The van der Waals surface area contributed by atoms with Gasteiger partial charge in [0, 0.05) is 0 Å². The van der Waals surface area contributed by atoms with Crippen LogP contribution in [0.1, 0.15) is 31.9 Å². The molecule has 0 spiro atoms. The second-order valence-corrected chi connectivity index (χ2v) is 8.67. The fourth-order valence-electron chi connectivity index (χ4n) is 4.37. The topological polar surface area (TPSA) is 0 Å². The summed E-state index contributed by atoms with van der Waals surface area (Å²) in [6, 6.07) is 26.7. The third-order valence-electron chi connectivity index (χ3n) is 5.90. The highest BCUT2D eigenvalue weighted by atomic mass is 14.3. The molecule has 4 aromatic rings. The van der Waals surface area contributed by atoms with Gasteiger partial charge in [0.1, 0.15) is 0 Å². The molecule has 0 heterocycles. The minimum absolute atomic E-state index is 0.205. The molecule has 0 nitrogen and oxygen atoms in total. The molecule has 0 atom stereocenters. The highest BCUT2D eigenvalue weighted by Gasteiger charge is 2.25. The van der Waals surface area contributed by atoms with Crippen LogP contribution in [0.3, 0.4) is 0 Å². The second kappa shape index (κ2) is 5.82. The fourth-order valence-corrected chi connectivity index (χ4v) is 4.37. The Kier molecular flexibility index (Phi) is 3.52. The Morgan fingerprint density at radius 2 is 1.33 bits per heavy atom. The summed E-state index contributed by atoms with van der Waals surface area (Å²) >= 11 is 0. The van der Waals surface area contributed by atoms with Crippen molar-refractivity contribution in [2.75, 3.05) is 0 Å². The summed E-state index contributed by atoms with van der Waals surface area (Å²) in [5.41, 5.74) is 7.32. The monoisotopic (exact) mass is 348 g/mol. The number of hydrogen-bond acceptors (Lipinski definition) is 0. The Bertz CT molecular complexity index is 1160. The van der Waals surface area contributed by atoms with Crippen LogP contribution < -0.4 is 0 Å². The second-order valence-electron chi connectivity index (χ2n) is 8.67. The molecule has 4 aromatic carbocycles. The van der Waals surface area contributed by atoms with Gasteiger partial charge in [-0.3, -0.25) is 0 Å². The lowest BCUT2D eigenvalue weighted by Gasteiger charge is -2.19. The highest BCUT2D eigenvalue weighted by molar-refractivity contribution is 6.13. The lowest BCUT2D eigenvalue weighted by molar-refractivity contribution is 0.498. The zero-order chi connectivity index (χ0) is 18.6. The lowest BCUT2D eigenvalue weighted by Crippen LogP contribution is -2.08. The Morgan fingerprint density at radius 1 is 0.704 bits per heavy atom. The maximum atomic E-state index is 2.45. The molecule has 0 radical (unpaired) electrons. The van der Waals surface area contributed by atoms with Gasteiger partial charge in [0.05, 0.1) is 0 Å². The van der Waals surface area contributed by atoms with E-state index >= 15 is 0 Å². The average Bonchev–Trinajstić information content (AvgIpc) is 3.11. The van der Waals surface area contributed by atoms with E-state index in [1.807, 2.05) is 0 Å². The summed E-state index contributed by atoms with van der Waals surface area (Å²) in [7, 11) is 0. The van der Waals surface area contributed by atoms with Crippen LogP contribution in [0.15, 0.2) is 78.4 Å². The Hall–Kier alpha value is -2.86. The molecular weight excluding hydrogens is 324 g/mol. The van der Waals surface area contributed by atoms with Crippen molar-refractivity contribution in [2.24, 2.45) is 5.41 Å². The van der Waals surface area contributed by atoms with Gasteiger partial charge in [0.2, 0.25) is 0 Å². The van der Waals surface area contributed by atoms with Crippen LogP contribution in [-0.4, -0.2) is 0 Å². The van der Waals surface area contributed by atoms with Crippen molar-refractivity contribution >= 4 is 27.6 Å². The van der Waals surface area contributed by atoms with E-state index in [-0.39, 0.29) is 5.41 Å². The van der Waals surface area contributed by atoms with E-state index in [1.54, 1.807) is 0 Å². The fraction of sp³-hybridized carbons (Fsp3) is 0.185. The largest absolute Gasteiger partial charge is 0.0616 e. The van der Waals surface area contributed by atoms with Gasteiger partial charge in [-0.15, -0.1) is 0 Å². The van der Waals surface area contributed by atoms with Crippen LogP contribution in [0.2, 0.25) is 0 Å². The minimum atomic E-state index is 0.205. The molecular formula is C27H24. The molecule has 0 aliphatic heterocycles. The van der Waals surface area contributed by atoms with Gasteiger partial charge in [-0.05, 0) is 61.7 Å². The van der Waals surface area contributed by atoms with Crippen LogP contribution in [0.4, 0.5) is 0 Å². The molecule has 5 rings (SSSR count). The van der Waals surface area contributed by atoms with Gasteiger partial charge in [-0.2, -0.15) is 0 Å². The van der Waals surface area contributed by atoms with E-state index in [0.29, 0.717) is 0 Å². The first-order valence-corrected chi connectivity index (χ1v) is 9.76. The molecule has 1 aliphatic rings. The number of benzene rings is 4. The Balaban J connectivity index is 1.88. The van der Waals surface area contributed by atoms with Gasteiger partial charge >= 0.3 is 0 Å². The van der Waals surface area contributed by atoms with E-state index in [2.05, 4.69) is 99.6 Å². The molecule has 27 heavy (non-hydrogen) atoms. The van der Waals surface area contributed by atoms with Crippen molar-refractivity contribution in [2.45, 2.75) is 27.2 Å². The molecule has 0 amide bonds. The quantitative estimate of drug-likeness (QED) is 0.310. The van der Waals surface area contributed by atoms with E-state index in [1.165, 1.54) is 49.4 Å². The van der Waals surface area contributed by atoms with Gasteiger partial charge in [0.25, 0.3) is 0 Å². The summed E-state index contributed by atoms with van der Waals surface area (Å²) < 4.78 is 0. The van der Waals surface area contributed by atoms with Crippen molar-refractivity contribution in [3.63, 3.8) is 0 Å². The third kappa shape index (κ3) is 2.59. The van der Waals surface area contributed by atoms with Gasteiger partial charge in [-0.25, -0.2) is 0 Å².